The molecule has 1 heterocycles. The summed E-state index contributed by atoms with van der Waals surface area (Å²) in [7, 11) is 0. The van der Waals surface area contributed by atoms with Gasteiger partial charge in [-0.15, -0.1) is 0 Å². The molecule has 5 nitrogen and oxygen atoms in total. The molecule has 0 saturated carbocycles. The molecule has 0 fully saturated rings. The Morgan fingerprint density at radius 2 is 2.10 bits per heavy atom. The van der Waals surface area contributed by atoms with Crippen LogP contribution in [0.1, 0.15) is 31.3 Å². The van der Waals surface area contributed by atoms with Crippen LogP contribution in [0.4, 0.5) is 0 Å². The number of aromatic nitrogens is 1. The van der Waals surface area contributed by atoms with E-state index in [2.05, 4.69) is 4.98 Å². The largest absolute Gasteiger partial charge is 0.485 e. The number of hydrogen-bond donors (Lipinski definition) is 2. The van der Waals surface area contributed by atoms with E-state index in [4.69, 9.17) is 9.47 Å². The highest BCUT2D eigenvalue weighted by atomic mass is 16.5. The summed E-state index contributed by atoms with van der Waals surface area (Å²) in [5, 5.41) is 10.1. The molecule has 2 rings (SSSR count). The number of hydrogen-bond acceptors (Lipinski definition) is 4. The van der Waals surface area contributed by atoms with Gasteiger partial charge in [-0.2, -0.15) is 0 Å². The van der Waals surface area contributed by atoms with Crippen molar-refractivity contribution in [1.29, 1.82) is 0 Å². The normalized spacial score (nSPS) is 11.6. The minimum atomic E-state index is -0.645. The van der Waals surface area contributed by atoms with Crippen molar-refractivity contribution in [2.24, 2.45) is 0 Å². The van der Waals surface area contributed by atoms with Crippen LogP contribution in [0.3, 0.4) is 0 Å². The molecule has 0 aliphatic carbocycles. The summed E-state index contributed by atoms with van der Waals surface area (Å²) in [6.45, 7) is 5.64. The van der Waals surface area contributed by atoms with Crippen molar-refractivity contribution in [2.75, 3.05) is 13.2 Å². The molecule has 0 radical (unpaired) electrons. The van der Waals surface area contributed by atoms with Crippen molar-refractivity contribution < 1.29 is 19.4 Å². The molecule has 0 spiro atoms. The zero-order valence-corrected chi connectivity index (χ0v) is 11.9. The van der Waals surface area contributed by atoms with Gasteiger partial charge < -0.3 is 19.6 Å². The quantitative estimate of drug-likeness (QED) is 0.824. The van der Waals surface area contributed by atoms with Gasteiger partial charge in [0.15, 0.2) is 0 Å². The number of nitrogens with one attached hydrogen (secondary N) is 1. The van der Waals surface area contributed by atoms with E-state index in [1.54, 1.807) is 32.9 Å². The molecule has 0 bridgehead atoms. The maximum absolute atomic E-state index is 11.7. The smallest absolute Gasteiger partial charge is 0.354 e. The molecule has 0 aliphatic rings. The molecule has 5 heteroatoms. The van der Waals surface area contributed by atoms with Gasteiger partial charge in [0.2, 0.25) is 0 Å². The van der Waals surface area contributed by atoms with Crippen molar-refractivity contribution in [3.05, 3.63) is 30.0 Å². The predicted octanol–water partition coefficient (Wildman–Crippen LogP) is 2.49. The molecule has 20 heavy (non-hydrogen) atoms. The highest BCUT2D eigenvalue weighted by Gasteiger charge is 2.18. The maximum atomic E-state index is 11.7. The first-order valence-corrected chi connectivity index (χ1v) is 6.55. The van der Waals surface area contributed by atoms with Crippen LogP contribution >= 0.6 is 0 Å². The zero-order valence-electron chi connectivity index (χ0n) is 11.9. The highest BCUT2D eigenvalue weighted by molar-refractivity contribution is 5.95. The maximum Gasteiger partial charge on any atom is 0.354 e. The van der Waals surface area contributed by atoms with E-state index in [9.17, 15) is 9.90 Å². The van der Waals surface area contributed by atoms with Crippen LogP contribution in [0.5, 0.6) is 5.75 Å². The van der Waals surface area contributed by atoms with E-state index in [1.807, 2.05) is 12.1 Å². The Balaban J connectivity index is 2.28. The van der Waals surface area contributed by atoms with Crippen LogP contribution in [-0.2, 0) is 4.74 Å². The summed E-state index contributed by atoms with van der Waals surface area (Å²) in [6.07, 6.45) is 0. The second-order valence-corrected chi connectivity index (χ2v) is 5.17. The highest BCUT2D eigenvalue weighted by Crippen LogP contribution is 2.24. The summed E-state index contributed by atoms with van der Waals surface area (Å²) in [5.74, 6) is 0.271. The zero-order chi connectivity index (χ0) is 14.8. The van der Waals surface area contributed by atoms with Crippen LogP contribution in [0.2, 0.25) is 0 Å². The molecule has 2 N–H and O–H groups in total. The van der Waals surface area contributed by atoms with Gasteiger partial charge >= 0.3 is 5.97 Å². The standard InChI is InChI=1S/C15H19NO4/c1-4-19-14(18)13-8-10-7-11(5-6-12(10)16-13)20-15(2,3)9-17/h5-8,16-17H,4,9H2,1-3H3. The number of ether oxygens (including phenoxy) is 2. The SMILES string of the molecule is CCOC(=O)c1cc2cc(OC(C)(C)CO)ccc2[nH]1. The first kappa shape index (κ1) is 14.4. The van der Waals surface area contributed by atoms with Gasteiger partial charge in [-0.25, -0.2) is 4.79 Å². The van der Waals surface area contributed by atoms with Crippen LogP contribution in [0, 0.1) is 0 Å². The summed E-state index contributed by atoms with van der Waals surface area (Å²) < 4.78 is 10.6. The van der Waals surface area contributed by atoms with Crippen molar-refractivity contribution in [1.82, 2.24) is 4.98 Å². The van der Waals surface area contributed by atoms with Gasteiger partial charge in [0.05, 0.1) is 13.2 Å². The number of H-pyrrole nitrogens is 1. The number of fused-ring (bicyclic) bond motifs is 1. The van der Waals surface area contributed by atoms with E-state index in [0.717, 1.165) is 10.9 Å². The molecular formula is C15H19NO4. The Bertz CT molecular complexity index is 615. The average Bonchev–Trinajstić information content (AvgIpc) is 2.82. The Labute approximate surface area is 117 Å². The third kappa shape index (κ3) is 3.11. The molecule has 1 aromatic heterocycles. The van der Waals surface area contributed by atoms with E-state index >= 15 is 0 Å². The lowest BCUT2D eigenvalue weighted by Crippen LogP contribution is -2.32. The molecule has 1 aromatic carbocycles. The Morgan fingerprint density at radius 1 is 1.35 bits per heavy atom. The lowest BCUT2D eigenvalue weighted by atomic mass is 10.1. The third-order valence-corrected chi connectivity index (χ3v) is 2.86. The van der Waals surface area contributed by atoms with Gasteiger partial charge in [0, 0.05) is 10.9 Å². The van der Waals surface area contributed by atoms with Crippen molar-refractivity contribution in [3.63, 3.8) is 0 Å². The predicted molar refractivity (Wildman–Crippen MR) is 76.0 cm³/mol. The molecular weight excluding hydrogens is 258 g/mol. The van der Waals surface area contributed by atoms with Crippen molar-refractivity contribution >= 4 is 16.9 Å². The van der Waals surface area contributed by atoms with Crippen LogP contribution < -0.4 is 4.74 Å². The Hall–Kier alpha value is -2.01. The first-order valence-electron chi connectivity index (χ1n) is 6.55. The molecule has 0 saturated heterocycles. The number of carbonyl (C=O) groups excluding carboxylic acids is 1. The van der Waals surface area contributed by atoms with Gasteiger partial charge in [0.25, 0.3) is 0 Å². The van der Waals surface area contributed by atoms with E-state index in [1.165, 1.54) is 0 Å². The monoisotopic (exact) mass is 277 g/mol. The number of aliphatic hydroxyl groups is 1. The number of aliphatic hydroxyl groups excluding tert-OH is 1. The van der Waals surface area contributed by atoms with Crippen molar-refractivity contribution in [2.45, 2.75) is 26.4 Å². The van der Waals surface area contributed by atoms with Gasteiger partial charge in [-0.3, -0.25) is 0 Å². The molecule has 2 aromatic rings. The molecule has 0 atom stereocenters. The third-order valence-electron chi connectivity index (χ3n) is 2.86. The second kappa shape index (κ2) is 5.54. The fourth-order valence-electron chi connectivity index (χ4n) is 1.84. The van der Waals surface area contributed by atoms with Gasteiger partial charge in [-0.1, -0.05) is 0 Å². The fourth-order valence-corrected chi connectivity index (χ4v) is 1.84. The number of aromatic amines is 1. The lowest BCUT2D eigenvalue weighted by Gasteiger charge is -2.23. The summed E-state index contributed by atoms with van der Waals surface area (Å²) in [4.78, 5) is 14.7. The minimum absolute atomic E-state index is 0.0771. The van der Waals surface area contributed by atoms with Gasteiger partial charge in [-0.05, 0) is 45.0 Å². The summed E-state index contributed by atoms with van der Waals surface area (Å²) in [5.41, 5.74) is 0.608. The summed E-state index contributed by atoms with van der Waals surface area (Å²) >= 11 is 0. The fraction of sp³-hybridized carbons (Fsp3) is 0.400. The number of carbonyl (C=O) groups is 1. The summed E-state index contributed by atoms with van der Waals surface area (Å²) in [6, 6.07) is 7.18. The molecule has 0 aliphatic heterocycles. The van der Waals surface area contributed by atoms with Crippen LogP contribution in [0.15, 0.2) is 24.3 Å². The lowest BCUT2D eigenvalue weighted by molar-refractivity contribution is 0.0414. The number of benzene rings is 1. The van der Waals surface area contributed by atoms with Gasteiger partial charge in [0.1, 0.15) is 17.0 Å². The topological polar surface area (TPSA) is 71.6 Å². The van der Waals surface area contributed by atoms with Crippen LogP contribution in [-0.4, -0.2) is 34.9 Å². The first-order chi connectivity index (χ1) is 9.45. The number of rotatable bonds is 5. The van der Waals surface area contributed by atoms with Crippen LogP contribution in [0.25, 0.3) is 10.9 Å². The molecule has 0 amide bonds. The van der Waals surface area contributed by atoms with E-state index in [0.29, 0.717) is 18.1 Å². The van der Waals surface area contributed by atoms with E-state index < -0.39 is 5.60 Å². The second-order valence-electron chi connectivity index (χ2n) is 5.17. The Kier molecular flexibility index (Phi) is 3.99. The van der Waals surface area contributed by atoms with E-state index in [-0.39, 0.29) is 12.6 Å². The number of esters is 1. The molecule has 0 unspecified atom stereocenters. The average molecular weight is 277 g/mol. The minimum Gasteiger partial charge on any atom is -0.485 e. The molecule has 108 valence electrons. The van der Waals surface area contributed by atoms with Crippen molar-refractivity contribution in [3.8, 4) is 5.75 Å². The Morgan fingerprint density at radius 3 is 2.75 bits per heavy atom.